The maximum atomic E-state index is 3.52. The molecule has 0 saturated carbocycles. The van der Waals surface area contributed by atoms with E-state index in [0.29, 0.717) is 6.04 Å². The Balaban J connectivity index is 1.93. The first-order chi connectivity index (χ1) is 8.25. The van der Waals surface area contributed by atoms with E-state index < -0.39 is 0 Å². The minimum absolute atomic E-state index is 0.364. The lowest BCUT2D eigenvalue weighted by molar-refractivity contribution is 0.574. The van der Waals surface area contributed by atoms with Gasteiger partial charge in [0.05, 0.1) is 0 Å². The van der Waals surface area contributed by atoms with E-state index in [0.717, 1.165) is 11.0 Å². The Morgan fingerprint density at radius 3 is 2.29 bits per heavy atom. The number of benzene rings is 2. The van der Waals surface area contributed by atoms with E-state index in [1.807, 2.05) is 6.07 Å². The molecule has 1 atom stereocenters. The van der Waals surface area contributed by atoms with Crippen LogP contribution in [0.15, 0.2) is 59.1 Å². The highest BCUT2D eigenvalue weighted by molar-refractivity contribution is 9.10. The van der Waals surface area contributed by atoms with Crippen LogP contribution in [-0.2, 0) is 6.54 Å². The van der Waals surface area contributed by atoms with Gasteiger partial charge in [0.15, 0.2) is 0 Å². The molecule has 2 aromatic carbocycles. The van der Waals surface area contributed by atoms with Crippen LogP contribution in [0.5, 0.6) is 0 Å². The standard InChI is InChI=1S/C15H16BrN/c1-12(14-7-9-15(16)10-8-14)17-11-13-5-3-2-4-6-13/h2-10,12,17H,11H2,1H3. The van der Waals surface area contributed by atoms with Crippen LogP contribution in [0.2, 0.25) is 0 Å². The molecular formula is C15H16BrN. The number of rotatable bonds is 4. The zero-order chi connectivity index (χ0) is 12.1. The Kier molecular flexibility index (Phi) is 4.35. The molecule has 0 bridgehead atoms. The van der Waals surface area contributed by atoms with Crippen molar-refractivity contribution in [1.29, 1.82) is 0 Å². The molecule has 0 fully saturated rings. The lowest BCUT2D eigenvalue weighted by Crippen LogP contribution is -2.17. The van der Waals surface area contributed by atoms with Crippen molar-refractivity contribution in [2.24, 2.45) is 0 Å². The van der Waals surface area contributed by atoms with Crippen LogP contribution in [0.4, 0.5) is 0 Å². The van der Waals surface area contributed by atoms with Crippen molar-refractivity contribution in [2.75, 3.05) is 0 Å². The summed E-state index contributed by atoms with van der Waals surface area (Å²) in [5.41, 5.74) is 2.63. The molecule has 17 heavy (non-hydrogen) atoms. The summed E-state index contributed by atoms with van der Waals surface area (Å²) in [6.45, 7) is 3.09. The van der Waals surface area contributed by atoms with Gasteiger partial charge in [-0.1, -0.05) is 58.4 Å². The molecule has 1 nitrogen and oxygen atoms in total. The largest absolute Gasteiger partial charge is 0.306 e. The fourth-order valence-corrected chi connectivity index (χ4v) is 2.00. The molecule has 0 aliphatic carbocycles. The highest BCUT2D eigenvalue weighted by atomic mass is 79.9. The zero-order valence-corrected chi connectivity index (χ0v) is 11.4. The van der Waals surface area contributed by atoms with E-state index >= 15 is 0 Å². The predicted molar refractivity (Wildman–Crippen MR) is 75.8 cm³/mol. The third-order valence-electron chi connectivity index (χ3n) is 2.83. The minimum Gasteiger partial charge on any atom is -0.306 e. The van der Waals surface area contributed by atoms with Gasteiger partial charge < -0.3 is 5.32 Å². The molecular weight excluding hydrogens is 274 g/mol. The van der Waals surface area contributed by atoms with Crippen molar-refractivity contribution in [3.8, 4) is 0 Å². The van der Waals surface area contributed by atoms with Crippen molar-refractivity contribution in [3.05, 3.63) is 70.2 Å². The van der Waals surface area contributed by atoms with E-state index in [9.17, 15) is 0 Å². The summed E-state index contributed by atoms with van der Waals surface area (Å²) in [4.78, 5) is 0. The summed E-state index contributed by atoms with van der Waals surface area (Å²) in [6.07, 6.45) is 0. The summed E-state index contributed by atoms with van der Waals surface area (Å²) in [5.74, 6) is 0. The van der Waals surface area contributed by atoms with Crippen molar-refractivity contribution in [2.45, 2.75) is 19.5 Å². The molecule has 1 N–H and O–H groups in total. The Morgan fingerprint density at radius 2 is 1.65 bits per heavy atom. The fraction of sp³-hybridized carbons (Fsp3) is 0.200. The van der Waals surface area contributed by atoms with Crippen molar-refractivity contribution < 1.29 is 0 Å². The van der Waals surface area contributed by atoms with E-state index in [1.54, 1.807) is 0 Å². The first kappa shape index (κ1) is 12.3. The molecule has 0 aromatic heterocycles. The normalized spacial score (nSPS) is 12.4. The third-order valence-corrected chi connectivity index (χ3v) is 3.35. The van der Waals surface area contributed by atoms with Crippen LogP contribution >= 0.6 is 15.9 Å². The maximum Gasteiger partial charge on any atom is 0.0294 e. The third kappa shape index (κ3) is 3.69. The van der Waals surface area contributed by atoms with Gasteiger partial charge in [0.25, 0.3) is 0 Å². The molecule has 1 unspecified atom stereocenters. The van der Waals surface area contributed by atoms with Crippen LogP contribution in [0.25, 0.3) is 0 Å². The van der Waals surface area contributed by atoms with Gasteiger partial charge in [-0.05, 0) is 30.2 Å². The van der Waals surface area contributed by atoms with Crippen LogP contribution in [-0.4, -0.2) is 0 Å². The number of nitrogens with one attached hydrogen (secondary N) is 1. The molecule has 88 valence electrons. The van der Waals surface area contributed by atoms with Crippen LogP contribution in [0.3, 0.4) is 0 Å². The van der Waals surface area contributed by atoms with Gasteiger partial charge in [0.2, 0.25) is 0 Å². The van der Waals surface area contributed by atoms with E-state index in [2.05, 4.69) is 76.7 Å². The van der Waals surface area contributed by atoms with Gasteiger partial charge in [-0.25, -0.2) is 0 Å². The second-order valence-electron chi connectivity index (χ2n) is 4.14. The monoisotopic (exact) mass is 289 g/mol. The number of halogens is 1. The molecule has 0 radical (unpaired) electrons. The number of hydrogen-bond donors (Lipinski definition) is 1. The fourth-order valence-electron chi connectivity index (χ4n) is 1.74. The highest BCUT2D eigenvalue weighted by Crippen LogP contribution is 2.16. The predicted octanol–water partition coefficient (Wildman–Crippen LogP) is 4.30. The Labute approximate surface area is 111 Å². The van der Waals surface area contributed by atoms with Gasteiger partial charge >= 0.3 is 0 Å². The molecule has 2 rings (SSSR count). The van der Waals surface area contributed by atoms with E-state index in [4.69, 9.17) is 0 Å². The highest BCUT2D eigenvalue weighted by Gasteiger charge is 2.03. The first-order valence-corrected chi connectivity index (χ1v) is 6.58. The van der Waals surface area contributed by atoms with Gasteiger partial charge in [0, 0.05) is 17.1 Å². The van der Waals surface area contributed by atoms with E-state index in [-0.39, 0.29) is 0 Å². The van der Waals surface area contributed by atoms with Crippen LogP contribution in [0.1, 0.15) is 24.1 Å². The number of hydrogen-bond acceptors (Lipinski definition) is 1. The molecule has 0 aliphatic rings. The SMILES string of the molecule is CC(NCc1ccccc1)c1ccc(Br)cc1. The Bertz CT molecular complexity index is 450. The molecule has 0 spiro atoms. The van der Waals surface area contributed by atoms with Crippen molar-refractivity contribution in [3.63, 3.8) is 0 Å². The average Bonchev–Trinajstić information content (AvgIpc) is 2.38. The summed E-state index contributed by atoms with van der Waals surface area (Å²) < 4.78 is 1.12. The first-order valence-electron chi connectivity index (χ1n) is 5.78. The molecule has 0 heterocycles. The summed E-state index contributed by atoms with van der Waals surface area (Å²) in [5, 5.41) is 3.52. The smallest absolute Gasteiger partial charge is 0.0294 e. The maximum absolute atomic E-state index is 3.52. The Hall–Kier alpha value is -1.12. The second kappa shape index (κ2) is 5.99. The van der Waals surface area contributed by atoms with Gasteiger partial charge in [-0.2, -0.15) is 0 Å². The van der Waals surface area contributed by atoms with Crippen molar-refractivity contribution in [1.82, 2.24) is 5.32 Å². The topological polar surface area (TPSA) is 12.0 Å². The quantitative estimate of drug-likeness (QED) is 0.885. The molecule has 0 aliphatic heterocycles. The van der Waals surface area contributed by atoms with Gasteiger partial charge in [0.1, 0.15) is 0 Å². The van der Waals surface area contributed by atoms with Crippen molar-refractivity contribution >= 4 is 15.9 Å². The second-order valence-corrected chi connectivity index (χ2v) is 5.06. The average molecular weight is 290 g/mol. The lowest BCUT2D eigenvalue weighted by atomic mass is 10.1. The summed E-state index contributed by atoms with van der Waals surface area (Å²) in [7, 11) is 0. The Morgan fingerprint density at radius 1 is 1.00 bits per heavy atom. The lowest BCUT2D eigenvalue weighted by Gasteiger charge is -2.14. The van der Waals surface area contributed by atoms with Gasteiger partial charge in [-0.3, -0.25) is 0 Å². The molecule has 0 amide bonds. The molecule has 0 saturated heterocycles. The van der Waals surface area contributed by atoms with Gasteiger partial charge in [-0.15, -0.1) is 0 Å². The van der Waals surface area contributed by atoms with Crippen LogP contribution in [0, 0.1) is 0 Å². The zero-order valence-electron chi connectivity index (χ0n) is 9.86. The minimum atomic E-state index is 0.364. The molecule has 2 aromatic rings. The summed E-state index contributed by atoms with van der Waals surface area (Å²) in [6, 6.07) is 19.3. The molecule has 2 heteroatoms. The van der Waals surface area contributed by atoms with E-state index in [1.165, 1.54) is 11.1 Å². The van der Waals surface area contributed by atoms with Crippen LogP contribution < -0.4 is 5.32 Å². The summed E-state index contributed by atoms with van der Waals surface area (Å²) >= 11 is 3.45.